The van der Waals surface area contributed by atoms with Gasteiger partial charge in [-0.05, 0) is 6.42 Å². The maximum absolute atomic E-state index is 11.6. The van der Waals surface area contributed by atoms with Crippen molar-refractivity contribution in [1.29, 1.82) is 0 Å². The highest BCUT2D eigenvalue weighted by atomic mass is 16.3. The van der Waals surface area contributed by atoms with Crippen LogP contribution in [-0.4, -0.2) is 50.1 Å². The number of nitrogens with zero attached hydrogens (tertiary/aromatic N) is 4. The summed E-state index contributed by atoms with van der Waals surface area (Å²) in [6, 6.07) is 0. The second kappa shape index (κ2) is 3.75. The molecule has 1 N–H and O–H groups in total. The number of carbonyl (C=O) groups is 1. The van der Waals surface area contributed by atoms with Gasteiger partial charge < -0.3 is 10.0 Å². The van der Waals surface area contributed by atoms with Gasteiger partial charge in [-0.2, -0.15) is 0 Å². The Hall–Kier alpha value is -1.43. The van der Waals surface area contributed by atoms with E-state index in [2.05, 4.69) is 10.3 Å². The standard InChI is InChI=1S/C8H12N4O2/c13-7-1-3-11(5-7)8(14)6-12-4-2-9-10-12/h2,4,7,13H,1,3,5-6H2/t7-/m1/s1. The fourth-order valence-electron chi connectivity index (χ4n) is 1.52. The number of hydrogen-bond acceptors (Lipinski definition) is 4. The van der Waals surface area contributed by atoms with Crippen LogP contribution in [0.15, 0.2) is 12.4 Å². The molecule has 0 bridgehead atoms. The van der Waals surface area contributed by atoms with E-state index in [0.29, 0.717) is 19.5 Å². The molecule has 1 fully saturated rings. The van der Waals surface area contributed by atoms with E-state index in [1.54, 1.807) is 11.1 Å². The molecular weight excluding hydrogens is 184 g/mol. The fourth-order valence-corrected chi connectivity index (χ4v) is 1.52. The summed E-state index contributed by atoms with van der Waals surface area (Å²) >= 11 is 0. The summed E-state index contributed by atoms with van der Waals surface area (Å²) in [4.78, 5) is 13.2. The van der Waals surface area contributed by atoms with Gasteiger partial charge in [0.25, 0.3) is 0 Å². The van der Waals surface area contributed by atoms with Crippen molar-refractivity contribution in [3.8, 4) is 0 Å². The number of likely N-dealkylation sites (tertiary alicyclic amines) is 1. The van der Waals surface area contributed by atoms with Crippen LogP contribution < -0.4 is 0 Å². The van der Waals surface area contributed by atoms with Crippen LogP contribution in [0.25, 0.3) is 0 Å². The quantitative estimate of drug-likeness (QED) is 0.649. The van der Waals surface area contributed by atoms with Gasteiger partial charge in [0.2, 0.25) is 5.91 Å². The third-order valence-electron chi connectivity index (χ3n) is 2.29. The van der Waals surface area contributed by atoms with Gasteiger partial charge in [0.1, 0.15) is 6.54 Å². The highest BCUT2D eigenvalue weighted by molar-refractivity contribution is 5.76. The number of aromatic nitrogens is 3. The molecule has 1 aliphatic heterocycles. The van der Waals surface area contributed by atoms with E-state index in [0.717, 1.165) is 0 Å². The van der Waals surface area contributed by atoms with Crippen LogP contribution in [0.5, 0.6) is 0 Å². The van der Waals surface area contributed by atoms with Crippen LogP contribution in [0.1, 0.15) is 6.42 Å². The highest BCUT2D eigenvalue weighted by Gasteiger charge is 2.24. The molecule has 0 aromatic carbocycles. The smallest absolute Gasteiger partial charge is 0.244 e. The van der Waals surface area contributed by atoms with Crippen molar-refractivity contribution < 1.29 is 9.90 Å². The predicted molar refractivity (Wildman–Crippen MR) is 47.2 cm³/mol. The molecule has 1 aliphatic rings. The summed E-state index contributed by atoms with van der Waals surface area (Å²) in [5, 5.41) is 16.6. The zero-order valence-corrected chi connectivity index (χ0v) is 7.70. The maximum Gasteiger partial charge on any atom is 0.244 e. The zero-order chi connectivity index (χ0) is 9.97. The second-order valence-electron chi connectivity index (χ2n) is 3.38. The topological polar surface area (TPSA) is 71.2 Å². The van der Waals surface area contributed by atoms with Gasteiger partial charge in [-0.1, -0.05) is 5.21 Å². The van der Waals surface area contributed by atoms with Crippen molar-refractivity contribution >= 4 is 5.91 Å². The molecule has 6 heteroatoms. The summed E-state index contributed by atoms with van der Waals surface area (Å²) in [5.41, 5.74) is 0. The van der Waals surface area contributed by atoms with Gasteiger partial charge in [0.05, 0.1) is 12.3 Å². The fraction of sp³-hybridized carbons (Fsp3) is 0.625. The van der Waals surface area contributed by atoms with Crippen molar-refractivity contribution in [3.05, 3.63) is 12.4 Å². The normalized spacial score (nSPS) is 21.5. The Balaban J connectivity index is 1.90. The SMILES string of the molecule is O=C(Cn1ccnn1)N1CC[C@@H](O)C1. The first-order chi connectivity index (χ1) is 6.75. The third kappa shape index (κ3) is 1.90. The summed E-state index contributed by atoms with van der Waals surface area (Å²) in [6.45, 7) is 1.27. The van der Waals surface area contributed by atoms with Crippen LogP contribution in [0.4, 0.5) is 0 Å². The van der Waals surface area contributed by atoms with E-state index >= 15 is 0 Å². The number of amides is 1. The first-order valence-electron chi connectivity index (χ1n) is 4.55. The lowest BCUT2D eigenvalue weighted by Gasteiger charge is -2.14. The molecule has 1 aromatic rings. The van der Waals surface area contributed by atoms with Crippen LogP contribution >= 0.6 is 0 Å². The Morgan fingerprint density at radius 1 is 1.64 bits per heavy atom. The Bertz CT molecular complexity index is 311. The number of rotatable bonds is 2. The largest absolute Gasteiger partial charge is 0.391 e. The van der Waals surface area contributed by atoms with Crippen molar-refractivity contribution in [3.63, 3.8) is 0 Å². The number of aliphatic hydroxyl groups excluding tert-OH is 1. The van der Waals surface area contributed by atoms with E-state index in [4.69, 9.17) is 0 Å². The van der Waals surface area contributed by atoms with Crippen molar-refractivity contribution in [2.75, 3.05) is 13.1 Å². The molecule has 0 radical (unpaired) electrons. The molecule has 76 valence electrons. The van der Waals surface area contributed by atoms with Gasteiger partial charge in [-0.15, -0.1) is 5.10 Å². The van der Waals surface area contributed by atoms with E-state index in [1.807, 2.05) is 0 Å². The molecule has 1 atom stereocenters. The number of aliphatic hydroxyl groups is 1. The molecule has 0 aliphatic carbocycles. The van der Waals surface area contributed by atoms with Crippen LogP contribution in [0.3, 0.4) is 0 Å². The van der Waals surface area contributed by atoms with Crippen LogP contribution in [0.2, 0.25) is 0 Å². The molecule has 0 unspecified atom stereocenters. The molecule has 1 aromatic heterocycles. The molecular formula is C8H12N4O2. The monoisotopic (exact) mass is 196 g/mol. The average Bonchev–Trinajstić information content (AvgIpc) is 2.75. The summed E-state index contributed by atoms with van der Waals surface area (Å²) in [5.74, 6) is -0.0212. The van der Waals surface area contributed by atoms with E-state index in [9.17, 15) is 9.90 Å². The first-order valence-corrected chi connectivity index (χ1v) is 4.55. The van der Waals surface area contributed by atoms with Crippen LogP contribution in [-0.2, 0) is 11.3 Å². The molecule has 2 rings (SSSR count). The minimum Gasteiger partial charge on any atom is -0.391 e. The average molecular weight is 196 g/mol. The van der Waals surface area contributed by atoms with Gasteiger partial charge >= 0.3 is 0 Å². The Morgan fingerprint density at radius 2 is 2.50 bits per heavy atom. The Morgan fingerprint density at radius 3 is 3.07 bits per heavy atom. The molecule has 1 amide bonds. The van der Waals surface area contributed by atoms with E-state index < -0.39 is 0 Å². The molecule has 6 nitrogen and oxygen atoms in total. The minimum absolute atomic E-state index is 0.0212. The lowest BCUT2D eigenvalue weighted by Crippen LogP contribution is -2.32. The van der Waals surface area contributed by atoms with Crippen LogP contribution in [0, 0.1) is 0 Å². The Kier molecular flexibility index (Phi) is 2.45. The van der Waals surface area contributed by atoms with E-state index in [1.165, 1.54) is 10.9 Å². The van der Waals surface area contributed by atoms with Crippen molar-refractivity contribution in [2.45, 2.75) is 19.1 Å². The lowest BCUT2D eigenvalue weighted by atomic mass is 10.3. The second-order valence-corrected chi connectivity index (χ2v) is 3.38. The van der Waals surface area contributed by atoms with Gasteiger partial charge in [0, 0.05) is 19.3 Å². The summed E-state index contributed by atoms with van der Waals surface area (Å²) in [7, 11) is 0. The molecule has 2 heterocycles. The van der Waals surface area contributed by atoms with Gasteiger partial charge in [-0.25, -0.2) is 4.68 Å². The van der Waals surface area contributed by atoms with Crippen molar-refractivity contribution in [2.24, 2.45) is 0 Å². The Labute approximate surface area is 81.1 Å². The summed E-state index contributed by atoms with van der Waals surface area (Å²) < 4.78 is 1.48. The highest BCUT2D eigenvalue weighted by Crippen LogP contribution is 2.08. The zero-order valence-electron chi connectivity index (χ0n) is 7.70. The van der Waals surface area contributed by atoms with Crippen molar-refractivity contribution in [1.82, 2.24) is 19.9 Å². The number of β-amino-alcohol motifs (C(OH)–C–C–N with tert-alkyl or cyclic N) is 1. The molecule has 14 heavy (non-hydrogen) atoms. The number of carbonyl (C=O) groups excluding carboxylic acids is 1. The van der Waals surface area contributed by atoms with Gasteiger partial charge in [0.15, 0.2) is 0 Å². The third-order valence-corrected chi connectivity index (χ3v) is 2.29. The molecule has 0 saturated carbocycles. The number of hydrogen-bond donors (Lipinski definition) is 1. The minimum atomic E-state index is -0.366. The lowest BCUT2D eigenvalue weighted by molar-refractivity contribution is -0.131. The first kappa shape index (κ1) is 9.14. The predicted octanol–water partition coefficient (Wildman–Crippen LogP) is -1.13. The van der Waals surface area contributed by atoms with E-state index in [-0.39, 0.29) is 18.6 Å². The summed E-state index contributed by atoms with van der Waals surface area (Å²) in [6.07, 6.45) is 3.48. The van der Waals surface area contributed by atoms with Gasteiger partial charge in [-0.3, -0.25) is 4.79 Å². The maximum atomic E-state index is 11.6. The molecule has 1 saturated heterocycles. The molecule has 0 spiro atoms.